The number of amides is 3. The summed E-state index contributed by atoms with van der Waals surface area (Å²) in [6.07, 6.45) is 17.5. The first-order valence-electron chi connectivity index (χ1n) is 26.7. The Labute approximate surface area is 470 Å². The van der Waals surface area contributed by atoms with Gasteiger partial charge in [-0.1, -0.05) is 44.2 Å². The van der Waals surface area contributed by atoms with Crippen LogP contribution in [0.1, 0.15) is 80.2 Å². The number of hydrogen-bond acceptors (Lipinski definition) is 19. The minimum atomic E-state index is -0.298. The van der Waals surface area contributed by atoms with Gasteiger partial charge in [0.15, 0.2) is 23.5 Å². The number of likely N-dealkylation sites (N-methyl/N-ethyl adjacent to an activating group) is 3. The van der Waals surface area contributed by atoms with E-state index in [0.29, 0.717) is 68.1 Å². The molecule has 0 spiro atoms. The monoisotopic (exact) mass is 1100 g/mol. The fourth-order valence-corrected chi connectivity index (χ4v) is 9.48. The van der Waals surface area contributed by atoms with Crippen LogP contribution in [0.2, 0.25) is 5.28 Å². The Kier molecular flexibility index (Phi) is 23.1. The van der Waals surface area contributed by atoms with Gasteiger partial charge in [0.25, 0.3) is 5.91 Å². The third kappa shape index (κ3) is 14.6. The molecule has 7 N–H and O–H groups in total. The highest BCUT2D eigenvalue weighted by Crippen LogP contribution is 2.39. The van der Waals surface area contributed by atoms with Gasteiger partial charge in [-0.15, -0.1) is 0 Å². The molecule has 0 radical (unpaired) electrons. The Morgan fingerprint density at radius 2 is 1.23 bits per heavy atom. The first kappa shape index (κ1) is 62.2. The molecule has 5 aliphatic rings. The number of rotatable bonds is 13. The number of nitrogens with zero attached hydrogens (tertiary/aromatic N) is 14. The molecule has 3 atom stereocenters. The number of amidine groups is 1. The Balaban J connectivity index is 0.000000201. The first-order chi connectivity index (χ1) is 37.8. The van der Waals surface area contributed by atoms with E-state index in [-0.39, 0.29) is 59.3 Å². The zero-order valence-electron chi connectivity index (χ0n) is 47.5. The van der Waals surface area contributed by atoms with Gasteiger partial charge in [-0.2, -0.15) is 15.0 Å². The summed E-state index contributed by atoms with van der Waals surface area (Å²) in [6, 6.07) is 9.91. The highest BCUT2D eigenvalue weighted by atomic mass is 35.5. The summed E-state index contributed by atoms with van der Waals surface area (Å²) < 4.78 is 0. The van der Waals surface area contributed by atoms with Crippen molar-refractivity contribution >= 4 is 87.9 Å². The topological polar surface area (TPSA) is 271 Å². The lowest BCUT2D eigenvalue weighted by molar-refractivity contribution is -0.120. The molecule has 422 valence electrons. The third-order valence-electron chi connectivity index (χ3n) is 13.2. The molecule has 79 heavy (non-hydrogen) atoms. The number of halogens is 1. The number of allylic oxidation sites excluding steroid dienone is 6. The van der Waals surface area contributed by atoms with Crippen LogP contribution in [0.5, 0.6) is 0 Å². The Morgan fingerprint density at radius 1 is 0.722 bits per heavy atom. The number of benzene rings is 1. The number of hydrogen-bond donors (Lipinski definition) is 4. The van der Waals surface area contributed by atoms with Crippen molar-refractivity contribution in [1.29, 1.82) is 0 Å². The molecule has 23 heteroatoms. The third-order valence-corrected chi connectivity index (χ3v) is 13.4. The molecule has 4 aromatic rings. The molecule has 0 bridgehead atoms. The summed E-state index contributed by atoms with van der Waals surface area (Å²) in [7, 11) is 5.30. The number of carbonyl (C=O) groups is 4. The molecule has 7 heterocycles. The van der Waals surface area contributed by atoms with Gasteiger partial charge in [0, 0.05) is 89.7 Å². The number of aldehydes is 1. The molecule has 4 aliphatic heterocycles. The van der Waals surface area contributed by atoms with Gasteiger partial charge in [0.1, 0.15) is 59.1 Å². The van der Waals surface area contributed by atoms with E-state index in [9.17, 15) is 19.2 Å². The Hall–Kier alpha value is -7.62. The number of anilines is 8. The molecular weight excluding hydrogens is 1020 g/mol. The van der Waals surface area contributed by atoms with Crippen LogP contribution < -0.4 is 56.8 Å². The van der Waals surface area contributed by atoms with E-state index in [0.717, 1.165) is 60.1 Å². The second kappa shape index (κ2) is 29.4. The number of aliphatic imine (C=N–C) groups is 1. The van der Waals surface area contributed by atoms with E-state index < -0.39 is 0 Å². The average molecular weight is 1100 g/mol. The van der Waals surface area contributed by atoms with E-state index in [1.165, 1.54) is 0 Å². The van der Waals surface area contributed by atoms with Gasteiger partial charge in [0.2, 0.25) is 35.3 Å². The summed E-state index contributed by atoms with van der Waals surface area (Å²) >= 11 is 5.85. The fourth-order valence-electron chi connectivity index (χ4n) is 9.35. The van der Waals surface area contributed by atoms with Crippen LogP contribution >= 0.6 is 11.6 Å². The highest BCUT2D eigenvalue weighted by molar-refractivity contribution is 6.28. The normalized spacial score (nSPS) is 18.0. The van der Waals surface area contributed by atoms with Crippen molar-refractivity contribution in [3.05, 3.63) is 103 Å². The molecule has 9 rings (SSSR count). The van der Waals surface area contributed by atoms with Gasteiger partial charge in [-0.05, 0) is 66.0 Å². The second-order valence-corrected chi connectivity index (χ2v) is 19.8. The Morgan fingerprint density at radius 3 is 1.70 bits per heavy atom. The number of aromatic nitrogens is 6. The molecule has 1 aromatic carbocycles. The van der Waals surface area contributed by atoms with E-state index in [2.05, 4.69) is 103 Å². The second-order valence-electron chi connectivity index (χ2n) is 19.4. The zero-order chi connectivity index (χ0) is 58.1. The molecule has 1 aliphatic carbocycles. The number of carbonyl (C=O) groups excluding carboxylic acids is 4. The van der Waals surface area contributed by atoms with E-state index in [1.54, 1.807) is 78.7 Å². The van der Waals surface area contributed by atoms with Crippen LogP contribution in [0, 0.1) is 13.0 Å². The van der Waals surface area contributed by atoms with Gasteiger partial charge in [-0.25, -0.2) is 15.0 Å². The fraction of sp³-hybridized carbons (Fsp3) is 0.464. The summed E-state index contributed by atoms with van der Waals surface area (Å²) in [4.78, 5) is 91.9. The predicted octanol–water partition coefficient (Wildman–Crippen LogP) is 5.39. The summed E-state index contributed by atoms with van der Waals surface area (Å²) in [5.74, 6) is 4.56. The SMILES string of the molecule is CC[C@@H]1C(=O)N(C)c2cnc(N3CCN=C3c3ccccc3)nc2N1C(C)C.CC[C@@H]1C(=O)N(C)c2cnc(NCCN)nc2N1C(C)C.NCCN.O=CC1=CC=C[C+]=C1.[CH2+]C[C@@H]1C(=O)N(C)c2cnc(Cl)nc2N1C(C)C. The summed E-state index contributed by atoms with van der Waals surface area (Å²) in [5.41, 5.74) is 19.2. The van der Waals surface area contributed by atoms with Crippen LogP contribution in [0.25, 0.3) is 0 Å². The van der Waals surface area contributed by atoms with Gasteiger partial charge < -0.3 is 51.9 Å². The molecule has 0 unspecified atom stereocenters. The lowest BCUT2D eigenvalue weighted by atomic mass is 10.1. The Bertz CT molecular complexity index is 2820. The molecule has 0 saturated heterocycles. The van der Waals surface area contributed by atoms with Crippen LogP contribution in [-0.4, -0.2) is 156 Å². The molecule has 0 fully saturated rings. The van der Waals surface area contributed by atoms with Crippen molar-refractivity contribution in [3.63, 3.8) is 0 Å². The van der Waals surface area contributed by atoms with Gasteiger partial charge >= 0.3 is 0 Å². The first-order valence-corrected chi connectivity index (χ1v) is 27.1. The lowest BCUT2D eigenvalue weighted by Crippen LogP contribution is -2.55. The van der Waals surface area contributed by atoms with Gasteiger partial charge in [-0.3, -0.25) is 29.1 Å². The van der Waals surface area contributed by atoms with E-state index in [1.807, 2.05) is 50.8 Å². The number of nitrogens with one attached hydrogen (secondary N) is 1. The number of fused-ring (bicyclic) bond motifs is 3. The predicted molar refractivity (Wildman–Crippen MR) is 318 cm³/mol. The maximum Gasteiger partial charge on any atom is 0.254 e. The standard InChI is InChI=1S/C21H26N6O.C14H24N6O.C12H16ClN4O.C7H5O.C2H8N2/c1-5-16-20(28)25(4)17-13-23-21(24-19(17)27(16)14(2)3)26-12-11-22-18(26)15-9-7-6-8-10-15;1-5-10-13(21)19(4)11-8-17-14(16-7-6-15)18-12(11)20(10)9(2)3;1-5-8-11(18)16(4)9-6-14-12(13)15-10(9)17(8)7(2)3;8-6-7-4-2-1-3-5-7;3-1-2-4/h6-10,13-14,16H,5,11-12H2,1-4H3;8-10H,5-7,15H2,1-4H3,(H,16,17,18);6-8H,1,5H2,2-4H3;1-2,4-6H;1-4H2/q;;2*+1;/t16-;10-;8-;;/m111../s1. The van der Waals surface area contributed by atoms with E-state index in [4.69, 9.17) is 33.8 Å². The van der Waals surface area contributed by atoms with Crippen LogP contribution in [-0.2, 0) is 19.2 Å². The lowest BCUT2D eigenvalue weighted by Gasteiger charge is -2.42. The van der Waals surface area contributed by atoms with Gasteiger partial charge in [0.05, 0.1) is 38.1 Å². The smallest absolute Gasteiger partial charge is 0.254 e. The highest BCUT2D eigenvalue weighted by Gasteiger charge is 2.42. The maximum absolute atomic E-state index is 12.8. The van der Waals surface area contributed by atoms with Crippen LogP contribution in [0.4, 0.5) is 46.4 Å². The quantitative estimate of drug-likeness (QED) is 0.0742. The molecule has 0 saturated carbocycles. The zero-order valence-corrected chi connectivity index (χ0v) is 48.3. The van der Waals surface area contributed by atoms with Crippen molar-refractivity contribution in [2.75, 3.05) is 100 Å². The van der Waals surface area contributed by atoms with Crippen LogP contribution in [0.3, 0.4) is 0 Å². The molecular formula is C56H79ClN18O4+2. The van der Waals surface area contributed by atoms with Crippen LogP contribution in [0.15, 0.2) is 83.8 Å². The minimum absolute atomic E-state index is 0.0112. The largest absolute Gasteiger partial charge is 0.353 e. The average Bonchev–Trinajstić information content (AvgIpc) is 4.04. The maximum atomic E-state index is 12.8. The minimum Gasteiger partial charge on any atom is -0.353 e. The van der Waals surface area contributed by atoms with E-state index >= 15 is 0 Å². The molecule has 3 aromatic heterocycles. The molecule has 3 amide bonds. The van der Waals surface area contributed by atoms with Crippen molar-refractivity contribution in [3.8, 4) is 0 Å². The van der Waals surface area contributed by atoms with Crippen molar-refractivity contribution in [2.45, 2.75) is 111 Å². The van der Waals surface area contributed by atoms with Crippen molar-refractivity contribution in [1.82, 2.24) is 29.9 Å². The summed E-state index contributed by atoms with van der Waals surface area (Å²) in [6.45, 7) is 24.1. The molecule has 22 nitrogen and oxygen atoms in total. The summed E-state index contributed by atoms with van der Waals surface area (Å²) in [5, 5.41) is 3.27. The number of nitrogens with two attached hydrogens (primary N) is 3. The van der Waals surface area contributed by atoms with Crippen molar-refractivity contribution < 1.29 is 19.2 Å². The van der Waals surface area contributed by atoms with Crippen molar-refractivity contribution in [2.24, 2.45) is 22.2 Å².